The number of nitrogens with one attached hydrogen (secondary N) is 2. The summed E-state index contributed by atoms with van der Waals surface area (Å²) in [6.07, 6.45) is 1.53. The molecule has 0 saturated heterocycles. The number of pyridine rings is 1. The first-order valence-corrected chi connectivity index (χ1v) is 8.30. The van der Waals surface area contributed by atoms with Crippen molar-refractivity contribution in [1.29, 1.82) is 0 Å². The van der Waals surface area contributed by atoms with Crippen molar-refractivity contribution in [3.05, 3.63) is 71.2 Å². The first-order chi connectivity index (χ1) is 12.6. The van der Waals surface area contributed by atoms with Crippen LogP contribution in [-0.2, 0) is 6.54 Å². The average molecular weight is 346 g/mol. The minimum Gasteiger partial charge on any atom is -0.307 e. The molecule has 7 nitrogen and oxygen atoms in total. The van der Waals surface area contributed by atoms with Crippen molar-refractivity contribution < 1.29 is 4.79 Å². The highest BCUT2D eigenvalue weighted by Gasteiger charge is 2.14. The van der Waals surface area contributed by atoms with Crippen molar-refractivity contribution in [3.63, 3.8) is 0 Å². The second-order valence-corrected chi connectivity index (χ2v) is 6.21. The number of hydrogen-bond donors (Lipinski definition) is 2. The van der Waals surface area contributed by atoms with E-state index in [1.807, 2.05) is 50.2 Å². The standard InChI is InChI=1S/C19H18N6O/c1-12-8-17(25(24-12)11-14-6-4-3-5-7-14)21-19(26)15-9-16-13(2)22-23-18(16)20-10-15/h3-10H,11H2,1-2H3,(H,21,26)(H,20,22,23). The zero-order chi connectivity index (χ0) is 18.1. The number of benzene rings is 1. The number of anilines is 1. The predicted octanol–water partition coefficient (Wildman–Crippen LogP) is 3.07. The molecule has 0 saturated carbocycles. The molecule has 4 rings (SSSR count). The van der Waals surface area contributed by atoms with Crippen LogP contribution in [0.1, 0.15) is 27.3 Å². The lowest BCUT2D eigenvalue weighted by Crippen LogP contribution is -2.16. The maximum Gasteiger partial charge on any atom is 0.258 e. The number of fused-ring (bicyclic) bond motifs is 1. The van der Waals surface area contributed by atoms with Crippen LogP contribution in [-0.4, -0.2) is 30.9 Å². The molecule has 3 heterocycles. The zero-order valence-electron chi connectivity index (χ0n) is 14.5. The molecule has 0 fully saturated rings. The van der Waals surface area contributed by atoms with E-state index in [0.29, 0.717) is 23.6 Å². The fraction of sp³-hybridized carbons (Fsp3) is 0.158. The molecule has 0 aliphatic rings. The van der Waals surface area contributed by atoms with Crippen molar-refractivity contribution in [2.75, 3.05) is 5.32 Å². The minimum atomic E-state index is -0.228. The van der Waals surface area contributed by atoms with Crippen LogP contribution in [0, 0.1) is 13.8 Å². The molecular formula is C19H18N6O. The largest absolute Gasteiger partial charge is 0.307 e. The van der Waals surface area contributed by atoms with Gasteiger partial charge >= 0.3 is 0 Å². The number of carbonyl (C=O) groups is 1. The van der Waals surface area contributed by atoms with Crippen LogP contribution < -0.4 is 5.32 Å². The molecule has 0 atom stereocenters. The van der Waals surface area contributed by atoms with E-state index in [2.05, 4.69) is 25.6 Å². The lowest BCUT2D eigenvalue weighted by Gasteiger charge is -2.09. The van der Waals surface area contributed by atoms with Gasteiger partial charge in [0.2, 0.25) is 0 Å². The van der Waals surface area contributed by atoms with E-state index >= 15 is 0 Å². The number of aromatic nitrogens is 5. The van der Waals surface area contributed by atoms with Crippen LogP contribution in [0.4, 0.5) is 5.82 Å². The van der Waals surface area contributed by atoms with E-state index in [4.69, 9.17) is 0 Å². The maximum atomic E-state index is 12.7. The number of amides is 1. The van der Waals surface area contributed by atoms with Crippen LogP contribution >= 0.6 is 0 Å². The fourth-order valence-corrected chi connectivity index (χ4v) is 2.86. The third kappa shape index (κ3) is 3.06. The van der Waals surface area contributed by atoms with Crippen molar-refractivity contribution in [2.24, 2.45) is 0 Å². The Labute approximate surface area is 150 Å². The van der Waals surface area contributed by atoms with E-state index < -0.39 is 0 Å². The number of hydrogen-bond acceptors (Lipinski definition) is 4. The molecule has 0 spiro atoms. The van der Waals surface area contributed by atoms with E-state index in [0.717, 1.165) is 22.3 Å². The van der Waals surface area contributed by atoms with Gasteiger partial charge in [-0.3, -0.25) is 9.89 Å². The quantitative estimate of drug-likeness (QED) is 0.594. The Bertz CT molecular complexity index is 1080. The summed E-state index contributed by atoms with van der Waals surface area (Å²) in [5.74, 6) is 0.426. The summed E-state index contributed by atoms with van der Waals surface area (Å²) in [5.41, 5.74) is 3.92. The molecule has 4 aromatic rings. The van der Waals surface area contributed by atoms with Crippen LogP contribution in [0.15, 0.2) is 48.7 Å². The summed E-state index contributed by atoms with van der Waals surface area (Å²) < 4.78 is 1.79. The van der Waals surface area contributed by atoms with E-state index in [9.17, 15) is 4.79 Å². The zero-order valence-corrected chi connectivity index (χ0v) is 14.5. The first kappa shape index (κ1) is 16.0. The molecule has 0 unspecified atom stereocenters. The third-order valence-electron chi connectivity index (χ3n) is 4.18. The molecule has 0 bridgehead atoms. The predicted molar refractivity (Wildman–Crippen MR) is 99.1 cm³/mol. The smallest absolute Gasteiger partial charge is 0.258 e. The number of rotatable bonds is 4. The second-order valence-electron chi connectivity index (χ2n) is 6.21. The number of nitrogens with zero attached hydrogens (tertiary/aromatic N) is 4. The Kier molecular flexibility index (Phi) is 3.96. The van der Waals surface area contributed by atoms with Crippen LogP contribution in [0.5, 0.6) is 0 Å². The van der Waals surface area contributed by atoms with Crippen molar-refractivity contribution >= 4 is 22.8 Å². The highest BCUT2D eigenvalue weighted by atomic mass is 16.1. The summed E-state index contributed by atoms with van der Waals surface area (Å²) in [4.78, 5) is 16.9. The first-order valence-electron chi connectivity index (χ1n) is 8.30. The molecule has 130 valence electrons. The summed E-state index contributed by atoms with van der Waals surface area (Å²) in [6.45, 7) is 4.39. The Morgan fingerprint density at radius 2 is 2.00 bits per heavy atom. The van der Waals surface area contributed by atoms with E-state index in [1.54, 1.807) is 10.7 Å². The van der Waals surface area contributed by atoms with Gasteiger partial charge in [-0.05, 0) is 25.5 Å². The van der Waals surface area contributed by atoms with Gasteiger partial charge in [0.1, 0.15) is 5.82 Å². The normalized spacial score (nSPS) is 11.0. The Morgan fingerprint density at radius 3 is 2.81 bits per heavy atom. The molecule has 1 aromatic carbocycles. The van der Waals surface area contributed by atoms with Crippen molar-refractivity contribution in [3.8, 4) is 0 Å². The highest BCUT2D eigenvalue weighted by molar-refractivity contribution is 6.05. The molecule has 2 N–H and O–H groups in total. The van der Waals surface area contributed by atoms with Crippen molar-refractivity contribution in [2.45, 2.75) is 20.4 Å². The van der Waals surface area contributed by atoms with Gasteiger partial charge in [-0.15, -0.1) is 0 Å². The highest BCUT2D eigenvalue weighted by Crippen LogP contribution is 2.17. The van der Waals surface area contributed by atoms with E-state index in [-0.39, 0.29) is 5.91 Å². The summed E-state index contributed by atoms with van der Waals surface area (Å²) >= 11 is 0. The molecule has 26 heavy (non-hydrogen) atoms. The van der Waals surface area contributed by atoms with Gasteiger partial charge in [-0.1, -0.05) is 30.3 Å². The van der Waals surface area contributed by atoms with Gasteiger partial charge in [0.05, 0.1) is 17.8 Å². The molecular weight excluding hydrogens is 328 g/mol. The SMILES string of the molecule is Cc1cc(NC(=O)c2cnc3n[nH]c(C)c3c2)n(Cc2ccccc2)n1. The second kappa shape index (κ2) is 6.44. The molecule has 3 aromatic heterocycles. The Morgan fingerprint density at radius 1 is 1.19 bits per heavy atom. The molecule has 7 heteroatoms. The number of aryl methyl sites for hydroxylation is 2. The molecule has 0 aliphatic carbocycles. The van der Waals surface area contributed by atoms with Gasteiger partial charge in [-0.2, -0.15) is 10.2 Å². The molecule has 0 aliphatic heterocycles. The summed E-state index contributed by atoms with van der Waals surface area (Å²) in [6, 6.07) is 13.7. The number of H-pyrrole nitrogens is 1. The van der Waals surface area contributed by atoms with Gasteiger partial charge in [0.15, 0.2) is 5.65 Å². The molecule has 0 radical (unpaired) electrons. The van der Waals surface area contributed by atoms with Crippen LogP contribution in [0.3, 0.4) is 0 Å². The maximum absolute atomic E-state index is 12.7. The van der Waals surface area contributed by atoms with Gasteiger partial charge in [0.25, 0.3) is 5.91 Å². The summed E-state index contributed by atoms with van der Waals surface area (Å²) in [7, 11) is 0. The lowest BCUT2D eigenvalue weighted by atomic mass is 10.2. The summed E-state index contributed by atoms with van der Waals surface area (Å²) in [5, 5.41) is 15.2. The number of carbonyl (C=O) groups excluding carboxylic acids is 1. The van der Waals surface area contributed by atoms with Crippen LogP contribution in [0.2, 0.25) is 0 Å². The Hall–Kier alpha value is -3.48. The molecule has 1 amide bonds. The van der Waals surface area contributed by atoms with Gasteiger partial charge in [-0.25, -0.2) is 9.67 Å². The third-order valence-corrected chi connectivity index (χ3v) is 4.18. The van der Waals surface area contributed by atoms with Gasteiger partial charge < -0.3 is 5.32 Å². The van der Waals surface area contributed by atoms with Gasteiger partial charge in [0, 0.05) is 23.3 Å². The lowest BCUT2D eigenvalue weighted by molar-refractivity contribution is 0.102. The Balaban J connectivity index is 1.60. The minimum absolute atomic E-state index is 0.228. The average Bonchev–Trinajstić information content (AvgIpc) is 3.18. The van der Waals surface area contributed by atoms with E-state index in [1.165, 1.54) is 6.20 Å². The fourth-order valence-electron chi connectivity index (χ4n) is 2.86. The van der Waals surface area contributed by atoms with Crippen LogP contribution in [0.25, 0.3) is 11.0 Å². The number of aromatic amines is 1. The van der Waals surface area contributed by atoms with Crippen molar-refractivity contribution in [1.82, 2.24) is 25.0 Å². The topological polar surface area (TPSA) is 88.5 Å². The monoisotopic (exact) mass is 346 g/mol.